The number of amides is 1. The first kappa shape index (κ1) is 17.5. The summed E-state index contributed by atoms with van der Waals surface area (Å²) in [5, 5.41) is 6.90. The molecule has 0 bridgehead atoms. The van der Waals surface area contributed by atoms with Crippen molar-refractivity contribution < 1.29 is 9.18 Å². The standard InChI is InChI=1S/C20H18FN3O2/c1-13-3-8-17(11-14(13)2)22-20(26)18-9-10-19(25)24(23-18)12-15-4-6-16(21)7-5-15/h3-11H,12H2,1-2H3,(H,22,26). The van der Waals surface area contributed by atoms with Crippen molar-refractivity contribution in [3.05, 3.63) is 93.2 Å². The second-order valence-electron chi connectivity index (χ2n) is 6.09. The van der Waals surface area contributed by atoms with E-state index in [1.165, 1.54) is 28.9 Å². The Hall–Kier alpha value is -3.28. The van der Waals surface area contributed by atoms with Crippen molar-refractivity contribution in [2.45, 2.75) is 20.4 Å². The lowest BCUT2D eigenvalue weighted by atomic mass is 10.1. The molecule has 6 heteroatoms. The highest BCUT2D eigenvalue weighted by atomic mass is 19.1. The van der Waals surface area contributed by atoms with Crippen LogP contribution < -0.4 is 10.9 Å². The van der Waals surface area contributed by atoms with E-state index >= 15 is 0 Å². The molecule has 0 spiro atoms. The van der Waals surface area contributed by atoms with E-state index in [0.29, 0.717) is 11.3 Å². The van der Waals surface area contributed by atoms with Crippen molar-refractivity contribution in [3.63, 3.8) is 0 Å². The van der Waals surface area contributed by atoms with Gasteiger partial charge in [-0.1, -0.05) is 18.2 Å². The minimum absolute atomic E-state index is 0.130. The number of hydrogen-bond donors (Lipinski definition) is 1. The van der Waals surface area contributed by atoms with Gasteiger partial charge >= 0.3 is 0 Å². The number of hydrogen-bond acceptors (Lipinski definition) is 3. The lowest BCUT2D eigenvalue weighted by Gasteiger charge is -2.09. The van der Waals surface area contributed by atoms with Gasteiger partial charge in [0.05, 0.1) is 6.54 Å². The van der Waals surface area contributed by atoms with Crippen molar-refractivity contribution >= 4 is 11.6 Å². The van der Waals surface area contributed by atoms with Gasteiger partial charge in [-0.2, -0.15) is 5.10 Å². The molecule has 1 N–H and O–H groups in total. The maximum Gasteiger partial charge on any atom is 0.276 e. The van der Waals surface area contributed by atoms with E-state index < -0.39 is 5.91 Å². The van der Waals surface area contributed by atoms with Gasteiger partial charge in [-0.15, -0.1) is 0 Å². The number of carbonyl (C=O) groups is 1. The average molecular weight is 351 g/mol. The summed E-state index contributed by atoms with van der Waals surface area (Å²) in [5.41, 5.74) is 3.37. The Labute approximate surface area is 150 Å². The SMILES string of the molecule is Cc1ccc(NC(=O)c2ccc(=O)n(Cc3ccc(F)cc3)n2)cc1C. The number of carbonyl (C=O) groups excluding carboxylic acids is 1. The molecule has 5 nitrogen and oxygen atoms in total. The predicted octanol–water partition coefficient (Wildman–Crippen LogP) is 3.30. The van der Waals surface area contributed by atoms with Gasteiger partial charge in [0, 0.05) is 11.8 Å². The topological polar surface area (TPSA) is 64.0 Å². The first-order valence-electron chi connectivity index (χ1n) is 8.13. The molecule has 0 saturated carbocycles. The number of benzene rings is 2. The summed E-state index contributed by atoms with van der Waals surface area (Å²) in [7, 11) is 0. The molecule has 0 aliphatic heterocycles. The van der Waals surface area contributed by atoms with Gasteiger partial charge in [-0.05, 0) is 60.9 Å². The van der Waals surface area contributed by atoms with Crippen molar-refractivity contribution in [1.29, 1.82) is 0 Å². The van der Waals surface area contributed by atoms with Crippen LogP contribution in [0.15, 0.2) is 59.4 Å². The number of aromatic nitrogens is 2. The molecule has 2 aromatic carbocycles. The highest BCUT2D eigenvalue weighted by molar-refractivity contribution is 6.02. The molecule has 0 radical (unpaired) electrons. The zero-order valence-corrected chi connectivity index (χ0v) is 14.5. The molecular formula is C20H18FN3O2. The molecule has 0 aliphatic rings. The van der Waals surface area contributed by atoms with Crippen molar-refractivity contribution in [2.75, 3.05) is 5.32 Å². The van der Waals surface area contributed by atoms with Crippen molar-refractivity contribution in [3.8, 4) is 0 Å². The van der Waals surface area contributed by atoms with Crippen molar-refractivity contribution in [1.82, 2.24) is 9.78 Å². The van der Waals surface area contributed by atoms with E-state index in [2.05, 4.69) is 10.4 Å². The quantitative estimate of drug-likeness (QED) is 0.784. The van der Waals surface area contributed by atoms with Crippen LogP contribution in [0.4, 0.5) is 10.1 Å². The Kier molecular flexibility index (Phi) is 4.93. The molecule has 132 valence electrons. The van der Waals surface area contributed by atoms with Crippen LogP contribution in [0, 0.1) is 19.7 Å². The molecule has 3 rings (SSSR count). The van der Waals surface area contributed by atoms with Crippen LogP contribution in [0.3, 0.4) is 0 Å². The monoisotopic (exact) mass is 351 g/mol. The van der Waals surface area contributed by atoms with Crippen LogP contribution in [-0.2, 0) is 6.54 Å². The fourth-order valence-electron chi connectivity index (χ4n) is 2.46. The maximum atomic E-state index is 13.0. The highest BCUT2D eigenvalue weighted by Gasteiger charge is 2.11. The fourth-order valence-corrected chi connectivity index (χ4v) is 2.46. The normalized spacial score (nSPS) is 10.6. The number of anilines is 1. The maximum absolute atomic E-state index is 13.0. The van der Waals surface area contributed by atoms with E-state index in [0.717, 1.165) is 11.1 Å². The molecule has 1 heterocycles. The molecule has 26 heavy (non-hydrogen) atoms. The minimum Gasteiger partial charge on any atom is -0.321 e. The van der Waals surface area contributed by atoms with E-state index in [4.69, 9.17) is 0 Å². The summed E-state index contributed by atoms with van der Waals surface area (Å²) < 4.78 is 14.2. The summed E-state index contributed by atoms with van der Waals surface area (Å²) in [6.07, 6.45) is 0. The Morgan fingerprint density at radius 3 is 2.46 bits per heavy atom. The molecule has 0 unspecified atom stereocenters. The Bertz CT molecular complexity index is 1010. The Morgan fingerprint density at radius 1 is 1.04 bits per heavy atom. The Morgan fingerprint density at radius 2 is 1.77 bits per heavy atom. The van der Waals surface area contributed by atoms with Gasteiger partial charge in [-0.3, -0.25) is 9.59 Å². The van der Waals surface area contributed by atoms with Crippen LogP contribution in [0.2, 0.25) is 0 Å². The van der Waals surface area contributed by atoms with Crippen LogP contribution in [0.1, 0.15) is 27.2 Å². The molecule has 3 aromatic rings. The third kappa shape index (κ3) is 4.03. The average Bonchev–Trinajstić information content (AvgIpc) is 2.62. The molecule has 0 saturated heterocycles. The smallest absolute Gasteiger partial charge is 0.276 e. The van der Waals surface area contributed by atoms with Gasteiger partial charge in [0.15, 0.2) is 0 Å². The largest absolute Gasteiger partial charge is 0.321 e. The van der Waals surface area contributed by atoms with E-state index in [1.807, 2.05) is 32.0 Å². The fraction of sp³-hybridized carbons (Fsp3) is 0.150. The first-order chi connectivity index (χ1) is 12.4. The number of aryl methyl sites for hydroxylation is 2. The van der Waals surface area contributed by atoms with Crippen molar-refractivity contribution in [2.24, 2.45) is 0 Å². The molecule has 0 fully saturated rings. The number of rotatable bonds is 4. The van der Waals surface area contributed by atoms with Gasteiger partial charge in [-0.25, -0.2) is 9.07 Å². The van der Waals surface area contributed by atoms with Crippen LogP contribution >= 0.6 is 0 Å². The summed E-state index contributed by atoms with van der Waals surface area (Å²) in [6, 6.07) is 14.1. The van der Waals surface area contributed by atoms with Crippen LogP contribution in [0.25, 0.3) is 0 Å². The second-order valence-corrected chi connectivity index (χ2v) is 6.09. The zero-order valence-electron chi connectivity index (χ0n) is 14.5. The van der Waals surface area contributed by atoms with Gasteiger partial charge in [0.2, 0.25) is 0 Å². The van der Waals surface area contributed by atoms with Crippen LogP contribution in [0.5, 0.6) is 0 Å². The lowest BCUT2D eigenvalue weighted by molar-refractivity contribution is 0.102. The number of nitrogens with one attached hydrogen (secondary N) is 1. The summed E-state index contributed by atoms with van der Waals surface area (Å²) in [4.78, 5) is 24.4. The summed E-state index contributed by atoms with van der Waals surface area (Å²) >= 11 is 0. The number of halogens is 1. The molecule has 0 aliphatic carbocycles. The van der Waals surface area contributed by atoms with E-state index in [9.17, 15) is 14.0 Å². The number of nitrogens with zero attached hydrogens (tertiary/aromatic N) is 2. The van der Waals surface area contributed by atoms with E-state index in [1.54, 1.807) is 12.1 Å². The Balaban J connectivity index is 1.81. The minimum atomic E-state index is -0.402. The highest BCUT2D eigenvalue weighted by Crippen LogP contribution is 2.14. The summed E-state index contributed by atoms with van der Waals surface area (Å²) in [6.45, 7) is 4.11. The molecule has 1 amide bonds. The van der Waals surface area contributed by atoms with E-state index in [-0.39, 0.29) is 23.6 Å². The molecule has 1 aromatic heterocycles. The predicted molar refractivity (Wildman–Crippen MR) is 97.9 cm³/mol. The zero-order chi connectivity index (χ0) is 18.7. The molecule has 0 atom stereocenters. The van der Waals surface area contributed by atoms with Gasteiger partial charge in [0.1, 0.15) is 11.5 Å². The van der Waals surface area contributed by atoms with Crippen LogP contribution in [-0.4, -0.2) is 15.7 Å². The second kappa shape index (κ2) is 7.31. The van der Waals surface area contributed by atoms with Gasteiger partial charge in [0.25, 0.3) is 11.5 Å². The first-order valence-corrected chi connectivity index (χ1v) is 8.13. The van der Waals surface area contributed by atoms with Gasteiger partial charge < -0.3 is 5.32 Å². The third-order valence-corrected chi connectivity index (χ3v) is 4.11. The third-order valence-electron chi connectivity index (χ3n) is 4.11. The lowest BCUT2D eigenvalue weighted by Crippen LogP contribution is -2.26. The molecular weight excluding hydrogens is 333 g/mol. The summed E-state index contributed by atoms with van der Waals surface area (Å²) in [5.74, 6) is -0.753.